The normalized spacial score (nSPS) is 12.1. The van der Waals surface area contributed by atoms with Gasteiger partial charge in [0.1, 0.15) is 0 Å². The maximum absolute atomic E-state index is 13.7. The van der Waals surface area contributed by atoms with Crippen LogP contribution in [-0.2, 0) is 0 Å². The van der Waals surface area contributed by atoms with Crippen molar-refractivity contribution in [2.45, 2.75) is 13.0 Å². The van der Waals surface area contributed by atoms with E-state index in [1.807, 2.05) is 37.4 Å². The lowest BCUT2D eigenvalue weighted by molar-refractivity contribution is 0.385. The first-order valence-electron chi connectivity index (χ1n) is 8.81. The Bertz CT molecular complexity index is 1140. The van der Waals surface area contributed by atoms with Gasteiger partial charge in [-0.2, -0.15) is 5.10 Å². The van der Waals surface area contributed by atoms with Gasteiger partial charge in [-0.1, -0.05) is 18.2 Å². The largest absolute Gasteiger partial charge is 0.494 e. The Kier molecular flexibility index (Phi) is 4.57. The van der Waals surface area contributed by atoms with Crippen LogP contribution in [0.15, 0.2) is 72.0 Å². The van der Waals surface area contributed by atoms with E-state index >= 15 is 0 Å². The Morgan fingerprint density at radius 1 is 1.11 bits per heavy atom. The number of rotatable bonds is 5. The van der Waals surface area contributed by atoms with Gasteiger partial charge < -0.3 is 4.74 Å². The summed E-state index contributed by atoms with van der Waals surface area (Å²) in [4.78, 5) is 12.9. The first-order chi connectivity index (χ1) is 13.6. The van der Waals surface area contributed by atoms with Gasteiger partial charge in [0.05, 0.1) is 25.0 Å². The molecule has 2 heterocycles. The Balaban J connectivity index is 1.65. The highest BCUT2D eigenvalue weighted by molar-refractivity contribution is 5.62. The molecular weight excluding hydrogens is 359 g/mol. The molecule has 4 rings (SSSR count). The van der Waals surface area contributed by atoms with Crippen LogP contribution in [0.5, 0.6) is 5.75 Å². The number of ether oxygens (including phenoxy) is 1. The summed E-state index contributed by atoms with van der Waals surface area (Å²) in [5, 5.41) is 6.73. The highest BCUT2D eigenvalue weighted by Crippen LogP contribution is 2.24. The van der Waals surface area contributed by atoms with Crippen molar-refractivity contribution in [2.24, 2.45) is 0 Å². The van der Waals surface area contributed by atoms with E-state index < -0.39 is 5.82 Å². The van der Waals surface area contributed by atoms with Gasteiger partial charge in [-0.05, 0) is 42.3 Å². The number of hydrogen-bond donors (Lipinski definition) is 1. The first-order valence-corrected chi connectivity index (χ1v) is 8.81. The molecule has 0 aliphatic heterocycles. The lowest BCUT2D eigenvalue weighted by atomic mass is 10.1. The average molecular weight is 378 g/mol. The minimum atomic E-state index is -0.430. The van der Waals surface area contributed by atoms with Gasteiger partial charge in [-0.3, -0.25) is 14.2 Å². The Hall–Kier alpha value is -3.61. The molecule has 0 radical (unpaired) electrons. The smallest absolute Gasteiger partial charge is 0.333 e. The van der Waals surface area contributed by atoms with E-state index in [1.165, 1.54) is 13.2 Å². The van der Waals surface area contributed by atoms with Crippen LogP contribution in [0, 0.1) is 5.82 Å². The van der Waals surface area contributed by atoms with E-state index in [1.54, 1.807) is 39.9 Å². The number of halogens is 1. The summed E-state index contributed by atoms with van der Waals surface area (Å²) in [5.74, 6) is -0.271. The molecule has 0 saturated carbocycles. The number of nitrogens with one attached hydrogen (secondary N) is 1. The van der Waals surface area contributed by atoms with Crippen LogP contribution in [0.25, 0.3) is 16.8 Å². The van der Waals surface area contributed by atoms with E-state index in [-0.39, 0.29) is 17.5 Å². The third kappa shape index (κ3) is 3.11. The molecule has 2 aromatic carbocycles. The van der Waals surface area contributed by atoms with Crippen LogP contribution < -0.4 is 10.4 Å². The van der Waals surface area contributed by atoms with Crippen molar-refractivity contribution in [3.8, 4) is 22.6 Å². The Morgan fingerprint density at radius 2 is 1.89 bits per heavy atom. The number of H-pyrrole nitrogens is 1. The zero-order valence-corrected chi connectivity index (χ0v) is 15.5. The summed E-state index contributed by atoms with van der Waals surface area (Å²) >= 11 is 0. The standard InChI is InChI=1S/C21H19FN4O2/c1-14(16-5-8-19(22)20(11-16)28-2)25-9-10-26(21(25)27)18-6-3-15(4-7-18)17-12-23-24-13-17/h3-14H,1-2H3,(H,23,24). The van der Waals surface area contributed by atoms with Crippen molar-refractivity contribution >= 4 is 0 Å². The van der Waals surface area contributed by atoms with Crippen molar-refractivity contribution in [3.05, 3.63) is 89.1 Å². The lowest BCUT2D eigenvalue weighted by Gasteiger charge is -2.14. The van der Waals surface area contributed by atoms with E-state index in [2.05, 4.69) is 10.2 Å². The van der Waals surface area contributed by atoms with Crippen LogP contribution in [0.1, 0.15) is 18.5 Å². The summed E-state index contributed by atoms with van der Waals surface area (Å²) in [6.45, 7) is 1.89. The zero-order chi connectivity index (χ0) is 19.7. The molecule has 0 bridgehead atoms. The van der Waals surface area contributed by atoms with Gasteiger partial charge in [0.25, 0.3) is 0 Å². The van der Waals surface area contributed by atoms with E-state index in [0.29, 0.717) is 0 Å². The molecule has 4 aromatic rings. The topological polar surface area (TPSA) is 64.8 Å². The molecule has 1 N–H and O–H groups in total. The minimum absolute atomic E-state index is 0.159. The van der Waals surface area contributed by atoms with Crippen LogP contribution in [0.3, 0.4) is 0 Å². The summed E-state index contributed by atoms with van der Waals surface area (Å²) in [6.07, 6.45) is 7.02. The van der Waals surface area contributed by atoms with Gasteiger partial charge >= 0.3 is 5.69 Å². The molecule has 1 atom stereocenters. The third-order valence-electron chi connectivity index (χ3n) is 4.86. The van der Waals surface area contributed by atoms with Crippen molar-refractivity contribution in [3.63, 3.8) is 0 Å². The molecular formula is C21H19FN4O2. The first kappa shape index (κ1) is 17.8. The fraction of sp³-hybridized carbons (Fsp3) is 0.143. The SMILES string of the molecule is COc1cc(C(C)n2ccn(-c3ccc(-c4cn[nH]c4)cc3)c2=O)ccc1F. The predicted molar refractivity (Wildman–Crippen MR) is 104 cm³/mol. The van der Waals surface area contributed by atoms with Gasteiger partial charge in [-0.25, -0.2) is 9.18 Å². The average Bonchev–Trinajstić information content (AvgIpc) is 3.38. The van der Waals surface area contributed by atoms with Crippen LogP contribution in [-0.4, -0.2) is 26.4 Å². The third-order valence-corrected chi connectivity index (χ3v) is 4.86. The quantitative estimate of drug-likeness (QED) is 0.575. The van der Waals surface area contributed by atoms with E-state index in [0.717, 1.165) is 22.4 Å². The van der Waals surface area contributed by atoms with E-state index in [9.17, 15) is 9.18 Å². The molecule has 0 aliphatic carbocycles. The molecule has 7 heteroatoms. The predicted octanol–water partition coefficient (Wildman–Crippen LogP) is 3.79. The van der Waals surface area contributed by atoms with Crippen molar-refractivity contribution in [1.29, 1.82) is 0 Å². The molecule has 6 nitrogen and oxygen atoms in total. The van der Waals surface area contributed by atoms with Crippen LogP contribution >= 0.6 is 0 Å². The summed E-state index contributed by atoms with van der Waals surface area (Å²) in [5.41, 5.74) is 3.37. The van der Waals surface area contributed by atoms with E-state index in [4.69, 9.17) is 4.74 Å². The number of aromatic nitrogens is 4. The van der Waals surface area contributed by atoms with Gasteiger partial charge in [0.2, 0.25) is 0 Å². The second kappa shape index (κ2) is 7.19. The molecule has 2 aromatic heterocycles. The number of methoxy groups -OCH3 is 1. The molecule has 1 unspecified atom stereocenters. The van der Waals surface area contributed by atoms with Gasteiger partial charge in [0, 0.05) is 24.2 Å². The summed E-state index contributed by atoms with van der Waals surface area (Å²) < 4.78 is 21.9. The minimum Gasteiger partial charge on any atom is -0.494 e. The molecule has 0 aliphatic rings. The van der Waals surface area contributed by atoms with Crippen molar-refractivity contribution < 1.29 is 9.13 Å². The second-order valence-electron chi connectivity index (χ2n) is 6.46. The number of benzene rings is 2. The monoisotopic (exact) mass is 378 g/mol. The number of imidazole rings is 1. The number of aromatic amines is 1. The Morgan fingerprint density at radius 3 is 2.57 bits per heavy atom. The van der Waals surface area contributed by atoms with Crippen LogP contribution in [0.4, 0.5) is 4.39 Å². The molecule has 142 valence electrons. The maximum Gasteiger partial charge on any atom is 0.333 e. The van der Waals surface area contributed by atoms with Gasteiger partial charge in [-0.15, -0.1) is 0 Å². The second-order valence-corrected chi connectivity index (χ2v) is 6.46. The number of hydrogen-bond acceptors (Lipinski definition) is 3. The Labute approximate surface area is 160 Å². The maximum atomic E-state index is 13.7. The van der Waals surface area contributed by atoms with Gasteiger partial charge in [0.15, 0.2) is 11.6 Å². The molecule has 28 heavy (non-hydrogen) atoms. The molecule has 0 spiro atoms. The molecule has 0 saturated heterocycles. The van der Waals surface area contributed by atoms with Crippen molar-refractivity contribution in [2.75, 3.05) is 7.11 Å². The fourth-order valence-electron chi connectivity index (χ4n) is 3.20. The molecule has 0 amide bonds. The number of nitrogens with zero attached hydrogens (tertiary/aromatic N) is 3. The fourth-order valence-corrected chi connectivity index (χ4v) is 3.20. The summed E-state index contributed by atoms with van der Waals surface area (Å²) in [7, 11) is 1.42. The zero-order valence-electron chi connectivity index (χ0n) is 15.5. The highest BCUT2D eigenvalue weighted by Gasteiger charge is 2.15. The molecule has 0 fully saturated rings. The summed E-state index contributed by atoms with van der Waals surface area (Å²) in [6, 6.07) is 12.0. The van der Waals surface area contributed by atoms with Crippen LogP contribution in [0.2, 0.25) is 0 Å². The lowest BCUT2D eigenvalue weighted by Crippen LogP contribution is -2.25. The highest BCUT2D eigenvalue weighted by atomic mass is 19.1. The van der Waals surface area contributed by atoms with Crippen molar-refractivity contribution in [1.82, 2.24) is 19.3 Å².